The Morgan fingerprint density at radius 2 is 1.62 bits per heavy atom. The fourth-order valence-corrected chi connectivity index (χ4v) is 3.77. The molecule has 0 aliphatic heterocycles. The molecule has 0 bridgehead atoms. The van der Waals surface area contributed by atoms with E-state index in [0.29, 0.717) is 5.92 Å². The van der Waals surface area contributed by atoms with Crippen LogP contribution in [0.4, 0.5) is 0 Å². The lowest BCUT2D eigenvalue weighted by molar-refractivity contribution is 0.397. The van der Waals surface area contributed by atoms with Crippen molar-refractivity contribution in [3.63, 3.8) is 0 Å². The molecule has 21 heavy (non-hydrogen) atoms. The molecule has 0 spiro atoms. The van der Waals surface area contributed by atoms with E-state index in [1.54, 1.807) is 5.57 Å². The van der Waals surface area contributed by atoms with Gasteiger partial charge in [0.1, 0.15) is 0 Å². The molecule has 0 nitrogen and oxygen atoms in total. The fraction of sp³-hybridized carbons (Fsp3) is 0.238. The van der Waals surface area contributed by atoms with E-state index < -0.39 is 0 Å². The van der Waals surface area contributed by atoms with Crippen molar-refractivity contribution in [3.05, 3.63) is 82.4 Å². The highest BCUT2D eigenvalue weighted by Gasteiger charge is 2.36. The lowest BCUT2D eigenvalue weighted by atomic mass is 9.70. The molecule has 2 aromatic rings. The molecule has 2 aliphatic rings. The Balaban J connectivity index is 1.72. The predicted molar refractivity (Wildman–Crippen MR) is 90.1 cm³/mol. The summed E-state index contributed by atoms with van der Waals surface area (Å²) in [5.41, 5.74) is 7.43. The van der Waals surface area contributed by atoms with Crippen molar-refractivity contribution in [2.24, 2.45) is 5.41 Å². The second-order valence-corrected chi connectivity index (χ2v) is 6.73. The first kappa shape index (κ1) is 12.6. The molecule has 0 aromatic heterocycles. The minimum absolute atomic E-state index is 0.155. The van der Waals surface area contributed by atoms with Gasteiger partial charge in [0.2, 0.25) is 0 Å². The van der Waals surface area contributed by atoms with Gasteiger partial charge in [-0.2, -0.15) is 0 Å². The second-order valence-electron chi connectivity index (χ2n) is 6.73. The van der Waals surface area contributed by atoms with E-state index in [-0.39, 0.29) is 5.41 Å². The standard InChI is InChI=1S/C21H20/c1-21(2,18-13-16-8-3-4-9-17(16)14-18)20-12-11-15-7-5-6-10-19(15)20/h3-13,20H,14H2,1-2H3. The number of allylic oxidation sites excluding steroid dienone is 2. The normalized spacial score (nSPS) is 19.3. The number of hydrogen-bond acceptors (Lipinski definition) is 0. The molecule has 0 radical (unpaired) electrons. The van der Waals surface area contributed by atoms with Crippen LogP contribution in [0.15, 0.2) is 60.2 Å². The molecule has 4 rings (SSSR count). The van der Waals surface area contributed by atoms with E-state index in [1.807, 2.05) is 0 Å². The van der Waals surface area contributed by atoms with Crippen LogP contribution in [0.5, 0.6) is 0 Å². The van der Waals surface area contributed by atoms with Crippen molar-refractivity contribution >= 4 is 12.2 Å². The summed E-state index contributed by atoms with van der Waals surface area (Å²) in [6.45, 7) is 4.78. The van der Waals surface area contributed by atoms with Gasteiger partial charge in [-0.1, -0.05) is 86.2 Å². The maximum absolute atomic E-state index is 2.41. The summed E-state index contributed by atoms with van der Waals surface area (Å²) in [7, 11) is 0. The monoisotopic (exact) mass is 272 g/mol. The van der Waals surface area contributed by atoms with Crippen LogP contribution in [0.2, 0.25) is 0 Å². The van der Waals surface area contributed by atoms with E-state index >= 15 is 0 Å². The molecule has 2 aromatic carbocycles. The van der Waals surface area contributed by atoms with Crippen LogP contribution in [0, 0.1) is 5.41 Å². The van der Waals surface area contributed by atoms with Crippen molar-refractivity contribution in [1.82, 2.24) is 0 Å². The Hall–Kier alpha value is -2.08. The van der Waals surface area contributed by atoms with Crippen molar-refractivity contribution in [3.8, 4) is 0 Å². The quantitative estimate of drug-likeness (QED) is 0.680. The number of benzene rings is 2. The van der Waals surface area contributed by atoms with Crippen molar-refractivity contribution in [1.29, 1.82) is 0 Å². The van der Waals surface area contributed by atoms with Crippen molar-refractivity contribution < 1.29 is 0 Å². The van der Waals surface area contributed by atoms with Gasteiger partial charge < -0.3 is 0 Å². The van der Waals surface area contributed by atoms with Crippen molar-refractivity contribution in [2.45, 2.75) is 26.2 Å². The summed E-state index contributed by atoms with van der Waals surface area (Å²) in [5.74, 6) is 0.481. The number of fused-ring (bicyclic) bond motifs is 2. The van der Waals surface area contributed by atoms with Gasteiger partial charge >= 0.3 is 0 Å². The maximum Gasteiger partial charge on any atom is 0.0116 e. The lowest BCUT2D eigenvalue weighted by Gasteiger charge is -2.33. The van der Waals surface area contributed by atoms with E-state index in [2.05, 4.69) is 80.6 Å². The first-order valence-electron chi connectivity index (χ1n) is 7.72. The van der Waals surface area contributed by atoms with Crippen LogP contribution in [-0.2, 0) is 6.42 Å². The molecule has 0 saturated heterocycles. The van der Waals surface area contributed by atoms with Crippen LogP contribution in [0.1, 0.15) is 42.0 Å². The van der Waals surface area contributed by atoms with Crippen molar-refractivity contribution in [2.75, 3.05) is 0 Å². The Bertz CT molecular complexity index is 759. The zero-order valence-corrected chi connectivity index (χ0v) is 12.6. The Morgan fingerprint density at radius 3 is 2.43 bits per heavy atom. The molecule has 0 saturated carbocycles. The van der Waals surface area contributed by atoms with Gasteiger partial charge in [0, 0.05) is 5.92 Å². The van der Waals surface area contributed by atoms with E-state index in [0.717, 1.165) is 6.42 Å². The molecule has 104 valence electrons. The summed E-state index contributed by atoms with van der Waals surface area (Å²) in [4.78, 5) is 0. The zero-order chi connectivity index (χ0) is 14.4. The first-order valence-corrected chi connectivity index (χ1v) is 7.72. The maximum atomic E-state index is 2.41. The summed E-state index contributed by atoms with van der Waals surface area (Å²) in [5, 5.41) is 0. The van der Waals surface area contributed by atoms with Gasteiger partial charge in [-0.15, -0.1) is 0 Å². The molecular formula is C21H20. The third-order valence-corrected chi connectivity index (χ3v) is 5.17. The Kier molecular flexibility index (Phi) is 2.68. The van der Waals surface area contributed by atoms with Gasteiger partial charge in [-0.25, -0.2) is 0 Å². The second kappa shape index (κ2) is 4.46. The summed E-state index contributed by atoms with van der Waals surface area (Å²) in [6, 6.07) is 17.6. The average Bonchev–Trinajstić information content (AvgIpc) is 3.11. The SMILES string of the molecule is CC(C)(C1=Cc2ccccc2C1)C1C=Cc2ccccc21. The highest BCUT2D eigenvalue weighted by Crippen LogP contribution is 2.49. The van der Waals surface area contributed by atoms with Gasteiger partial charge in [-0.3, -0.25) is 0 Å². The third-order valence-electron chi connectivity index (χ3n) is 5.17. The molecule has 1 atom stereocenters. The minimum Gasteiger partial charge on any atom is -0.0755 e. The molecule has 0 N–H and O–H groups in total. The summed E-state index contributed by atoms with van der Waals surface area (Å²) in [6.07, 6.45) is 8.17. The van der Waals surface area contributed by atoms with Crippen LogP contribution < -0.4 is 0 Å². The highest BCUT2D eigenvalue weighted by atomic mass is 14.4. The van der Waals surface area contributed by atoms with Gasteiger partial charge in [-0.05, 0) is 34.1 Å². The zero-order valence-electron chi connectivity index (χ0n) is 12.6. The van der Waals surface area contributed by atoms with Crippen LogP contribution in [0.25, 0.3) is 12.2 Å². The van der Waals surface area contributed by atoms with Crippen LogP contribution >= 0.6 is 0 Å². The lowest BCUT2D eigenvalue weighted by Crippen LogP contribution is -2.22. The summed E-state index contributed by atoms with van der Waals surface area (Å²) < 4.78 is 0. The van der Waals surface area contributed by atoms with Crippen LogP contribution in [0.3, 0.4) is 0 Å². The average molecular weight is 272 g/mol. The summed E-state index contributed by atoms with van der Waals surface area (Å²) >= 11 is 0. The molecule has 2 aliphatic carbocycles. The molecule has 0 fully saturated rings. The van der Waals surface area contributed by atoms with E-state index in [9.17, 15) is 0 Å². The number of rotatable bonds is 2. The number of hydrogen-bond donors (Lipinski definition) is 0. The minimum atomic E-state index is 0.155. The predicted octanol–water partition coefficient (Wildman–Crippen LogP) is 5.46. The highest BCUT2D eigenvalue weighted by molar-refractivity contribution is 5.68. The molecule has 0 amide bonds. The van der Waals surface area contributed by atoms with Crippen LogP contribution in [-0.4, -0.2) is 0 Å². The fourth-order valence-electron chi connectivity index (χ4n) is 3.77. The van der Waals surface area contributed by atoms with Gasteiger partial charge in [0.15, 0.2) is 0 Å². The molecule has 1 unspecified atom stereocenters. The van der Waals surface area contributed by atoms with E-state index in [1.165, 1.54) is 22.3 Å². The van der Waals surface area contributed by atoms with E-state index in [4.69, 9.17) is 0 Å². The Morgan fingerprint density at radius 1 is 0.905 bits per heavy atom. The largest absolute Gasteiger partial charge is 0.0755 e. The first-order chi connectivity index (χ1) is 10.2. The van der Waals surface area contributed by atoms with Gasteiger partial charge in [0.25, 0.3) is 0 Å². The Labute approximate surface area is 126 Å². The molecular weight excluding hydrogens is 252 g/mol. The third kappa shape index (κ3) is 1.90. The smallest absolute Gasteiger partial charge is 0.0116 e. The topological polar surface area (TPSA) is 0 Å². The molecule has 0 heteroatoms. The molecule has 0 heterocycles. The van der Waals surface area contributed by atoms with Gasteiger partial charge in [0.05, 0.1) is 0 Å².